The highest BCUT2D eigenvalue weighted by atomic mass is 35.5. The van der Waals surface area contributed by atoms with Gasteiger partial charge in [-0.05, 0) is 24.1 Å². The molecule has 1 aromatic carbocycles. The van der Waals surface area contributed by atoms with Crippen molar-refractivity contribution in [3.63, 3.8) is 0 Å². The SMILES string of the molecule is F[C@H]1CCN(c2c[nH]c3ncnc(N4CCN(C(=S)Cc5cccc(Cl)c5)CC4)c23)C1. The van der Waals surface area contributed by atoms with E-state index >= 15 is 0 Å². The lowest BCUT2D eigenvalue weighted by molar-refractivity contribution is 0.364. The fraction of sp³-hybridized carbons (Fsp3) is 0.409. The zero-order chi connectivity index (χ0) is 21.4. The number of alkyl halides is 1. The number of fused-ring (bicyclic) bond motifs is 1. The van der Waals surface area contributed by atoms with Crippen LogP contribution >= 0.6 is 23.8 Å². The molecule has 31 heavy (non-hydrogen) atoms. The Balaban J connectivity index is 1.30. The summed E-state index contributed by atoms with van der Waals surface area (Å²) in [6.45, 7) is 4.44. The van der Waals surface area contributed by atoms with Gasteiger partial charge in [-0.3, -0.25) is 0 Å². The maximum absolute atomic E-state index is 13.8. The molecule has 1 atom stereocenters. The number of thiocarbonyl (C=S) groups is 1. The zero-order valence-electron chi connectivity index (χ0n) is 17.1. The molecule has 162 valence electrons. The Kier molecular flexibility index (Phi) is 5.67. The normalized spacial score (nSPS) is 19.4. The molecule has 2 aromatic heterocycles. The number of halogens is 2. The summed E-state index contributed by atoms with van der Waals surface area (Å²) in [6.07, 6.45) is 4.03. The van der Waals surface area contributed by atoms with E-state index in [1.165, 1.54) is 0 Å². The number of rotatable bonds is 4. The highest BCUT2D eigenvalue weighted by Crippen LogP contribution is 2.35. The van der Waals surface area contributed by atoms with Crippen LogP contribution in [0.15, 0.2) is 36.8 Å². The Bertz CT molecular complexity index is 1100. The van der Waals surface area contributed by atoms with Crippen molar-refractivity contribution in [1.82, 2.24) is 19.9 Å². The average molecular weight is 459 g/mol. The van der Waals surface area contributed by atoms with Crippen molar-refractivity contribution in [1.29, 1.82) is 0 Å². The molecule has 0 radical (unpaired) electrons. The number of hydrogen-bond donors (Lipinski definition) is 1. The van der Waals surface area contributed by atoms with Crippen LogP contribution in [-0.4, -0.2) is 70.3 Å². The lowest BCUT2D eigenvalue weighted by Gasteiger charge is -2.37. The predicted octanol–water partition coefficient (Wildman–Crippen LogP) is 3.85. The molecule has 0 unspecified atom stereocenters. The van der Waals surface area contributed by atoms with Gasteiger partial charge in [-0.25, -0.2) is 14.4 Å². The largest absolute Gasteiger partial charge is 0.367 e. The van der Waals surface area contributed by atoms with E-state index in [1.54, 1.807) is 6.33 Å². The Hall–Kier alpha value is -2.45. The number of nitrogens with one attached hydrogen (secondary N) is 1. The fourth-order valence-corrected chi connectivity index (χ4v) is 5.02. The number of piperazine rings is 1. The van der Waals surface area contributed by atoms with Crippen LogP contribution in [0.4, 0.5) is 15.9 Å². The Labute approximate surface area is 191 Å². The van der Waals surface area contributed by atoms with Gasteiger partial charge in [0.25, 0.3) is 0 Å². The highest BCUT2D eigenvalue weighted by Gasteiger charge is 2.28. The van der Waals surface area contributed by atoms with E-state index in [0.717, 1.165) is 70.7 Å². The first-order chi connectivity index (χ1) is 15.1. The summed E-state index contributed by atoms with van der Waals surface area (Å²) in [7, 11) is 0. The number of aromatic amines is 1. The van der Waals surface area contributed by atoms with Gasteiger partial charge in [0.2, 0.25) is 0 Å². The summed E-state index contributed by atoms with van der Waals surface area (Å²) in [5.41, 5.74) is 2.91. The van der Waals surface area contributed by atoms with Crippen molar-refractivity contribution in [3.05, 3.63) is 47.4 Å². The highest BCUT2D eigenvalue weighted by molar-refractivity contribution is 7.80. The zero-order valence-corrected chi connectivity index (χ0v) is 18.7. The second kappa shape index (κ2) is 8.59. The van der Waals surface area contributed by atoms with Crippen LogP contribution in [0, 0.1) is 0 Å². The first-order valence-corrected chi connectivity index (χ1v) is 11.4. The summed E-state index contributed by atoms with van der Waals surface area (Å²) < 4.78 is 13.8. The van der Waals surface area contributed by atoms with Crippen LogP contribution in [-0.2, 0) is 6.42 Å². The molecular formula is C22H24ClFN6S. The molecule has 3 aromatic rings. The quantitative estimate of drug-likeness (QED) is 0.599. The lowest BCUT2D eigenvalue weighted by atomic mass is 10.1. The number of H-pyrrole nitrogens is 1. The van der Waals surface area contributed by atoms with E-state index in [1.807, 2.05) is 24.4 Å². The molecule has 2 saturated heterocycles. The first kappa shape index (κ1) is 20.5. The van der Waals surface area contributed by atoms with Crippen molar-refractivity contribution in [2.24, 2.45) is 0 Å². The molecule has 4 heterocycles. The molecule has 1 N–H and O–H groups in total. The molecule has 5 rings (SSSR count). The van der Waals surface area contributed by atoms with Gasteiger partial charge in [-0.15, -0.1) is 0 Å². The summed E-state index contributed by atoms with van der Waals surface area (Å²) in [6, 6.07) is 7.86. The Morgan fingerprint density at radius 1 is 1.16 bits per heavy atom. The summed E-state index contributed by atoms with van der Waals surface area (Å²) in [5.74, 6) is 0.906. The minimum Gasteiger partial charge on any atom is -0.367 e. The van der Waals surface area contributed by atoms with Gasteiger partial charge in [0.05, 0.1) is 16.1 Å². The first-order valence-electron chi connectivity index (χ1n) is 10.6. The van der Waals surface area contributed by atoms with Crippen LogP contribution < -0.4 is 9.80 Å². The van der Waals surface area contributed by atoms with Crippen molar-refractivity contribution in [3.8, 4) is 0 Å². The van der Waals surface area contributed by atoms with Crippen LogP contribution in [0.5, 0.6) is 0 Å². The predicted molar refractivity (Wildman–Crippen MR) is 127 cm³/mol. The van der Waals surface area contributed by atoms with Gasteiger partial charge in [0.15, 0.2) is 0 Å². The molecule has 2 fully saturated rings. The molecule has 0 aliphatic carbocycles. The molecule has 9 heteroatoms. The van der Waals surface area contributed by atoms with Crippen LogP contribution in [0.3, 0.4) is 0 Å². The third-order valence-electron chi connectivity index (χ3n) is 6.08. The van der Waals surface area contributed by atoms with Gasteiger partial charge < -0.3 is 19.7 Å². The monoisotopic (exact) mass is 458 g/mol. The summed E-state index contributed by atoms with van der Waals surface area (Å²) >= 11 is 11.8. The van der Waals surface area contributed by atoms with Gasteiger partial charge >= 0.3 is 0 Å². The second-order valence-electron chi connectivity index (χ2n) is 8.10. The maximum atomic E-state index is 13.8. The molecule has 0 bridgehead atoms. The molecule has 2 aliphatic heterocycles. The van der Waals surface area contributed by atoms with E-state index in [0.29, 0.717) is 19.5 Å². The van der Waals surface area contributed by atoms with Crippen molar-refractivity contribution in [2.45, 2.75) is 19.0 Å². The smallest absolute Gasteiger partial charge is 0.145 e. The second-order valence-corrected chi connectivity index (χ2v) is 9.01. The van der Waals surface area contributed by atoms with Crippen molar-refractivity contribution < 1.29 is 4.39 Å². The number of aromatic nitrogens is 3. The minimum atomic E-state index is -0.776. The minimum absolute atomic E-state index is 0.423. The fourth-order valence-electron chi connectivity index (χ4n) is 4.46. The topological polar surface area (TPSA) is 51.3 Å². The van der Waals surface area contributed by atoms with Crippen molar-refractivity contribution in [2.75, 3.05) is 49.1 Å². The number of hydrogen-bond acceptors (Lipinski definition) is 5. The number of anilines is 2. The Morgan fingerprint density at radius 3 is 2.74 bits per heavy atom. The molecule has 0 amide bonds. The van der Waals surface area contributed by atoms with Crippen LogP contribution in [0.2, 0.25) is 5.02 Å². The van der Waals surface area contributed by atoms with Gasteiger partial charge in [0.1, 0.15) is 24.0 Å². The molecular weight excluding hydrogens is 435 g/mol. The standard InChI is InChI=1S/C22H24ClFN6S/c23-16-3-1-2-15(10-16)11-19(31)28-6-8-29(9-7-28)22-20-18(30-5-4-17(24)13-30)12-25-21(20)26-14-27-22/h1-3,10,12,14,17H,4-9,11,13H2,(H,25,26,27)/t17-/m0/s1. The van der Waals surface area contributed by atoms with E-state index in [2.05, 4.69) is 35.7 Å². The number of nitrogens with zero attached hydrogens (tertiary/aromatic N) is 5. The Morgan fingerprint density at radius 2 is 2.00 bits per heavy atom. The van der Waals surface area contributed by atoms with E-state index < -0.39 is 6.17 Å². The lowest BCUT2D eigenvalue weighted by Crippen LogP contribution is -2.49. The average Bonchev–Trinajstić information content (AvgIpc) is 3.40. The summed E-state index contributed by atoms with van der Waals surface area (Å²) in [5, 5.41) is 1.71. The maximum Gasteiger partial charge on any atom is 0.145 e. The van der Waals surface area contributed by atoms with Crippen LogP contribution in [0.1, 0.15) is 12.0 Å². The third-order valence-corrected chi connectivity index (χ3v) is 6.71. The van der Waals surface area contributed by atoms with Gasteiger partial charge in [0, 0.05) is 56.9 Å². The van der Waals surface area contributed by atoms with Crippen molar-refractivity contribution >= 4 is 51.3 Å². The molecule has 0 spiro atoms. The molecule has 6 nitrogen and oxygen atoms in total. The van der Waals surface area contributed by atoms with Gasteiger partial charge in [-0.1, -0.05) is 36.0 Å². The molecule has 0 saturated carbocycles. The van der Waals surface area contributed by atoms with Crippen LogP contribution in [0.25, 0.3) is 11.0 Å². The summed E-state index contributed by atoms with van der Waals surface area (Å²) in [4.78, 5) is 19.8. The third kappa shape index (κ3) is 4.19. The van der Waals surface area contributed by atoms with E-state index in [4.69, 9.17) is 23.8 Å². The van der Waals surface area contributed by atoms with E-state index in [9.17, 15) is 4.39 Å². The number of benzene rings is 1. The van der Waals surface area contributed by atoms with E-state index in [-0.39, 0.29) is 0 Å². The molecule has 2 aliphatic rings. The van der Waals surface area contributed by atoms with Gasteiger partial charge in [-0.2, -0.15) is 0 Å².